The van der Waals surface area contributed by atoms with Crippen molar-refractivity contribution >= 4 is 5.91 Å². The molecular weight excluding hydrogens is 390 g/mol. The Labute approximate surface area is 165 Å². The smallest absolute Gasteiger partial charge is 0.224 e. The van der Waals surface area contributed by atoms with E-state index >= 15 is 0 Å². The number of carbonyl (C=O) groups excluding carboxylic acids is 1. The summed E-state index contributed by atoms with van der Waals surface area (Å²) in [5, 5.41) is 0. The lowest BCUT2D eigenvalue weighted by molar-refractivity contribution is -0.132. The maximum atomic E-state index is 14.0. The Balaban J connectivity index is 1.66. The van der Waals surface area contributed by atoms with Crippen LogP contribution in [0, 0.1) is 17.5 Å². The van der Waals surface area contributed by atoms with E-state index < -0.39 is 35.2 Å². The van der Waals surface area contributed by atoms with E-state index in [4.69, 9.17) is 10.2 Å². The minimum absolute atomic E-state index is 0.0929. The SMILES string of the molecule is CC(C)(F)c1coc([C@@H]2CCCN2C(=O)C[C@H](N)Cc2cc(F)c(F)cc2F)n1. The van der Waals surface area contributed by atoms with E-state index in [0.717, 1.165) is 12.5 Å². The fraction of sp³-hybridized carbons (Fsp3) is 0.500. The molecule has 1 amide bonds. The van der Waals surface area contributed by atoms with Gasteiger partial charge in [0.1, 0.15) is 29.5 Å². The van der Waals surface area contributed by atoms with Crippen molar-refractivity contribution in [3.8, 4) is 0 Å². The second kappa shape index (κ2) is 8.14. The molecule has 1 saturated heterocycles. The number of hydrogen-bond donors (Lipinski definition) is 1. The molecular formula is C20H23F4N3O2. The van der Waals surface area contributed by atoms with Crippen LogP contribution in [0.4, 0.5) is 17.6 Å². The normalized spacial score (nSPS) is 18.3. The molecule has 2 heterocycles. The molecule has 0 bridgehead atoms. The summed E-state index contributed by atoms with van der Waals surface area (Å²) in [6.07, 6.45) is 2.35. The first-order valence-corrected chi connectivity index (χ1v) is 9.39. The van der Waals surface area contributed by atoms with E-state index in [0.29, 0.717) is 19.0 Å². The standard InChI is InChI=1S/C20H23F4N3O2/c1-20(2,24)17-10-29-19(26-17)16-4-3-5-27(16)18(28)8-12(25)6-11-7-14(22)15(23)9-13(11)21/h7,9-10,12,16H,3-6,8,25H2,1-2H3/t12-,16+/m1/s1. The summed E-state index contributed by atoms with van der Waals surface area (Å²) in [4.78, 5) is 18.5. The highest BCUT2D eigenvalue weighted by molar-refractivity contribution is 5.77. The molecule has 1 aromatic heterocycles. The van der Waals surface area contributed by atoms with E-state index in [1.54, 1.807) is 4.90 Å². The van der Waals surface area contributed by atoms with Crippen LogP contribution in [0.1, 0.15) is 56.3 Å². The van der Waals surface area contributed by atoms with E-state index in [1.165, 1.54) is 20.1 Å². The third-order valence-electron chi connectivity index (χ3n) is 5.00. The quantitative estimate of drug-likeness (QED) is 0.576. The first-order chi connectivity index (χ1) is 13.6. The summed E-state index contributed by atoms with van der Waals surface area (Å²) in [5.74, 6) is -3.39. The van der Waals surface area contributed by atoms with E-state index in [-0.39, 0.29) is 35.9 Å². The molecule has 0 saturated carbocycles. The van der Waals surface area contributed by atoms with Crippen LogP contribution in [0.2, 0.25) is 0 Å². The predicted octanol–water partition coefficient (Wildman–Crippen LogP) is 3.92. The summed E-state index contributed by atoms with van der Waals surface area (Å²) in [5.41, 5.74) is 4.35. The summed E-state index contributed by atoms with van der Waals surface area (Å²) in [6.45, 7) is 3.19. The molecule has 5 nitrogen and oxygen atoms in total. The number of carbonyl (C=O) groups is 1. The highest BCUT2D eigenvalue weighted by Crippen LogP contribution is 2.34. The highest BCUT2D eigenvalue weighted by atomic mass is 19.2. The van der Waals surface area contributed by atoms with Crippen molar-refractivity contribution in [3.05, 3.63) is 53.0 Å². The number of hydrogen-bond acceptors (Lipinski definition) is 4. The molecule has 1 fully saturated rings. The Morgan fingerprint density at radius 1 is 1.31 bits per heavy atom. The van der Waals surface area contributed by atoms with Gasteiger partial charge in [-0.15, -0.1) is 0 Å². The first-order valence-electron chi connectivity index (χ1n) is 9.39. The lowest BCUT2D eigenvalue weighted by atomic mass is 10.0. The summed E-state index contributed by atoms with van der Waals surface area (Å²) in [7, 11) is 0. The van der Waals surface area contributed by atoms with Crippen molar-refractivity contribution < 1.29 is 26.8 Å². The van der Waals surface area contributed by atoms with Crippen molar-refractivity contribution in [3.63, 3.8) is 0 Å². The Hall–Kier alpha value is -2.42. The third kappa shape index (κ3) is 4.77. The Kier molecular flexibility index (Phi) is 5.97. The van der Waals surface area contributed by atoms with Crippen LogP contribution in [0.5, 0.6) is 0 Å². The maximum absolute atomic E-state index is 14.0. The zero-order valence-electron chi connectivity index (χ0n) is 16.2. The number of likely N-dealkylation sites (tertiary alicyclic amines) is 1. The molecule has 29 heavy (non-hydrogen) atoms. The lowest BCUT2D eigenvalue weighted by Crippen LogP contribution is -2.36. The molecule has 1 aliphatic rings. The van der Waals surface area contributed by atoms with Crippen molar-refractivity contribution in [2.24, 2.45) is 5.73 Å². The molecule has 0 radical (unpaired) electrons. The van der Waals surface area contributed by atoms with Crippen LogP contribution in [0.15, 0.2) is 22.8 Å². The van der Waals surface area contributed by atoms with E-state index in [2.05, 4.69) is 4.98 Å². The monoisotopic (exact) mass is 413 g/mol. The van der Waals surface area contributed by atoms with E-state index in [9.17, 15) is 22.4 Å². The van der Waals surface area contributed by atoms with Gasteiger partial charge in [-0.3, -0.25) is 4.79 Å². The zero-order chi connectivity index (χ0) is 21.3. The molecule has 2 aromatic rings. The minimum atomic E-state index is -1.66. The van der Waals surface area contributed by atoms with Gasteiger partial charge in [0.25, 0.3) is 0 Å². The summed E-state index contributed by atoms with van der Waals surface area (Å²) >= 11 is 0. The number of alkyl halides is 1. The number of benzene rings is 1. The molecule has 0 aliphatic carbocycles. The molecule has 1 aliphatic heterocycles. The van der Waals surface area contributed by atoms with Crippen molar-refractivity contribution in [2.75, 3.05) is 6.54 Å². The van der Waals surface area contributed by atoms with Gasteiger partial charge < -0.3 is 15.1 Å². The predicted molar refractivity (Wildman–Crippen MR) is 96.9 cm³/mol. The molecule has 2 N–H and O–H groups in total. The van der Waals surface area contributed by atoms with Crippen molar-refractivity contribution in [1.82, 2.24) is 9.88 Å². The average molecular weight is 413 g/mol. The van der Waals surface area contributed by atoms with Gasteiger partial charge in [0.15, 0.2) is 11.6 Å². The highest BCUT2D eigenvalue weighted by Gasteiger charge is 2.35. The van der Waals surface area contributed by atoms with Crippen molar-refractivity contribution in [1.29, 1.82) is 0 Å². The number of amides is 1. The fourth-order valence-corrected chi connectivity index (χ4v) is 3.45. The van der Waals surface area contributed by atoms with Gasteiger partial charge in [0.2, 0.25) is 11.8 Å². The average Bonchev–Trinajstić information content (AvgIpc) is 3.28. The van der Waals surface area contributed by atoms with Crippen molar-refractivity contribution in [2.45, 2.75) is 57.3 Å². The molecule has 1 aromatic carbocycles. The van der Waals surface area contributed by atoms with Gasteiger partial charge in [-0.25, -0.2) is 22.5 Å². The van der Waals surface area contributed by atoms with Gasteiger partial charge in [0, 0.05) is 25.1 Å². The fourth-order valence-electron chi connectivity index (χ4n) is 3.45. The number of halogens is 4. The Morgan fingerprint density at radius 3 is 2.66 bits per heavy atom. The number of nitrogens with zero attached hydrogens (tertiary/aromatic N) is 2. The lowest BCUT2D eigenvalue weighted by Gasteiger charge is -2.24. The number of oxazole rings is 1. The van der Waals surface area contributed by atoms with Crippen LogP contribution < -0.4 is 5.73 Å². The second-order valence-corrected chi connectivity index (χ2v) is 7.81. The molecule has 3 rings (SSSR count). The molecule has 158 valence electrons. The van der Waals surface area contributed by atoms with Gasteiger partial charge in [0.05, 0.1) is 0 Å². The molecule has 9 heteroatoms. The third-order valence-corrected chi connectivity index (χ3v) is 5.00. The van der Waals surface area contributed by atoms with Gasteiger partial charge in [-0.05, 0) is 44.7 Å². The maximum Gasteiger partial charge on any atom is 0.224 e. The number of rotatable bonds is 6. The summed E-state index contributed by atoms with van der Waals surface area (Å²) < 4.78 is 59.6. The van der Waals surface area contributed by atoms with Crippen LogP contribution >= 0.6 is 0 Å². The topological polar surface area (TPSA) is 72.4 Å². The van der Waals surface area contributed by atoms with Crippen LogP contribution in [-0.4, -0.2) is 28.4 Å². The molecule has 2 atom stereocenters. The van der Waals surface area contributed by atoms with Crippen LogP contribution in [0.3, 0.4) is 0 Å². The van der Waals surface area contributed by atoms with Gasteiger partial charge in [-0.2, -0.15) is 0 Å². The second-order valence-electron chi connectivity index (χ2n) is 7.81. The molecule has 0 unspecified atom stereocenters. The van der Waals surface area contributed by atoms with E-state index in [1.807, 2.05) is 0 Å². The van der Waals surface area contributed by atoms with Crippen LogP contribution in [-0.2, 0) is 16.9 Å². The van der Waals surface area contributed by atoms with Gasteiger partial charge >= 0.3 is 0 Å². The molecule has 0 spiro atoms. The zero-order valence-corrected chi connectivity index (χ0v) is 16.2. The minimum Gasteiger partial charge on any atom is -0.446 e. The largest absolute Gasteiger partial charge is 0.446 e. The number of nitrogens with two attached hydrogens (primary N) is 1. The summed E-state index contributed by atoms with van der Waals surface area (Å²) in [6, 6.07) is 0.00178. The first kappa shape index (κ1) is 21.3. The van der Waals surface area contributed by atoms with Crippen LogP contribution in [0.25, 0.3) is 0 Å². The Morgan fingerprint density at radius 2 is 2.00 bits per heavy atom. The number of aromatic nitrogens is 1. The Bertz CT molecular complexity index is 894. The van der Waals surface area contributed by atoms with Gasteiger partial charge in [-0.1, -0.05) is 0 Å².